The molecule has 1 atom stereocenters. The SMILES string of the molecule is COc1ccc(N(C)S(=O)(=O)c2cccc(C(=O)O[C@H](C)C(=O)c3ccc(C)cc3)c2)cc1. The molecule has 0 amide bonds. The third-order valence-electron chi connectivity index (χ3n) is 5.15. The van der Waals surface area contributed by atoms with E-state index in [0.717, 1.165) is 9.87 Å². The molecule has 0 aliphatic rings. The minimum Gasteiger partial charge on any atom is -0.497 e. The van der Waals surface area contributed by atoms with E-state index in [-0.39, 0.29) is 16.2 Å². The molecule has 172 valence electrons. The first-order valence-corrected chi connectivity index (χ1v) is 11.6. The van der Waals surface area contributed by atoms with E-state index in [1.807, 2.05) is 6.92 Å². The zero-order valence-corrected chi connectivity index (χ0v) is 19.6. The Kier molecular flexibility index (Phi) is 7.18. The van der Waals surface area contributed by atoms with Gasteiger partial charge in [-0.2, -0.15) is 0 Å². The zero-order chi connectivity index (χ0) is 24.2. The number of nitrogens with zero attached hydrogens (tertiary/aromatic N) is 1. The fourth-order valence-electron chi connectivity index (χ4n) is 3.11. The van der Waals surface area contributed by atoms with Gasteiger partial charge >= 0.3 is 5.97 Å². The standard InChI is InChI=1S/C25H25NO6S/c1-17-8-10-19(11-9-17)24(27)18(2)32-25(28)20-6-5-7-23(16-20)33(29,30)26(3)21-12-14-22(31-4)15-13-21/h5-16,18H,1-4H3/t18-/m1/s1. The topological polar surface area (TPSA) is 90.0 Å². The number of ether oxygens (including phenoxy) is 2. The van der Waals surface area contributed by atoms with Crippen molar-refractivity contribution in [2.45, 2.75) is 24.8 Å². The van der Waals surface area contributed by atoms with Crippen LogP contribution in [0.4, 0.5) is 5.69 Å². The van der Waals surface area contributed by atoms with E-state index in [9.17, 15) is 18.0 Å². The Morgan fingerprint density at radius 3 is 2.15 bits per heavy atom. The maximum atomic E-state index is 13.1. The van der Waals surface area contributed by atoms with Gasteiger partial charge in [0.15, 0.2) is 6.10 Å². The number of benzene rings is 3. The molecule has 3 aromatic rings. The number of ketones is 1. The summed E-state index contributed by atoms with van der Waals surface area (Å²) in [5.74, 6) is -0.526. The highest BCUT2D eigenvalue weighted by Gasteiger charge is 2.24. The van der Waals surface area contributed by atoms with Gasteiger partial charge in [0, 0.05) is 12.6 Å². The van der Waals surface area contributed by atoms with E-state index in [0.29, 0.717) is 17.0 Å². The normalized spacial score (nSPS) is 12.0. The monoisotopic (exact) mass is 467 g/mol. The lowest BCUT2D eigenvalue weighted by Gasteiger charge is -2.20. The predicted molar refractivity (Wildman–Crippen MR) is 125 cm³/mol. The summed E-state index contributed by atoms with van der Waals surface area (Å²) in [6.07, 6.45) is -1.03. The highest BCUT2D eigenvalue weighted by atomic mass is 32.2. The number of Topliss-reactive ketones (excluding diaryl/α,β-unsaturated/α-hetero) is 1. The van der Waals surface area contributed by atoms with Crippen LogP contribution in [0.25, 0.3) is 0 Å². The van der Waals surface area contributed by atoms with Gasteiger partial charge in [-0.25, -0.2) is 13.2 Å². The van der Waals surface area contributed by atoms with Crippen molar-refractivity contribution in [3.63, 3.8) is 0 Å². The largest absolute Gasteiger partial charge is 0.497 e. The summed E-state index contributed by atoms with van der Waals surface area (Å²) < 4.78 is 37.7. The van der Waals surface area contributed by atoms with Crippen LogP contribution in [0, 0.1) is 6.92 Å². The first-order chi connectivity index (χ1) is 15.6. The Bertz CT molecular complexity index is 1250. The second-order valence-electron chi connectivity index (χ2n) is 7.48. The van der Waals surface area contributed by atoms with Crippen molar-refractivity contribution >= 4 is 27.5 Å². The van der Waals surface area contributed by atoms with E-state index in [1.165, 1.54) is 45.3 Å². The summed E-state index contributed by atoms with van der Waals surface area (Å²) >= 11 is 0. The number of anilines is 1. The van der Waals surface area contributed by atoms with Crippen LogP contribution < -0.4 is 9.04 Å². The van der Waals surface area contributed by atoms with Gasteiger partial charge in [0.25, 0.3) is 10.0 Å². The number of hydrogen-bond acceptors (Lipinski definition) is 6. The Labute approximate surface area is 193 Å². The Hall–Kier alpha value is -3.65. The second kappa shape index (κ2) is 9.87. The Morgan fingerprint density at radius 1 is 0.909 bits per heavy atom. The molecular formula is C25H25NO6S. The van der Waals surface area contributed by atoms with Crippen LogP contribution in [-0.4, -0.2) is 40.4 Å². The lowest BCUT2D eigenvalue weighted by Crippen LogP contribution is -2.27. The Balaban J connectivity index is 1.77. The molecule has 0 fully saturated rings. The third kappa shape index (κ3) is 5.40. The predicted octanol–water partition coefficient (Wildman–Crippen LogP) is 4.26. The van der Waals surface area contributed by atoms with Gasteiger partial charge in [-0.15, -0.1) is 0 Å². The number of carbonyl (C=O) groups is 2. The van der Waals surface area contributed by atoms with E-state index in [4.69, 9.17) is 9.47 Å². The number of hydrogen-bond donors (Lipinski definition) is 0. The van der Waals surface area contributed by atoms with Crippen molar-refractivity contribution in [3.8, 4) is 5.75 Å². The van der Waals surface area contributed by atoms with Crippen LogP contribution in [0.3, 0.4) is 0 Å². The van der Waals surface area contributed by atoms with E-state index in [1.54, 1.807) is 48.5 Å². The third-order valence-corrected chi connectivity index (χ3v) is 6.93. The van der Waals surface area contributed by atoms with Crippen LogP contribution >= 0.6 is 0 Å². The minimum atomic E-state index is -3.94. The van der Waals surface area contributed by atoms with Crippen LogP contribution in [0.2, 0.25) is 0 Å². The van der Waals surface area contributed by atoms with Crippen molar-refractivity contribution < 1.29 is 27.5 Å². The molecule has 7 nitrogen and oxygen atoms in total. The van der Waals surface area contributed by atoms with Crippen molar-refractivity contribution in [2.24, 2.45) is 0 Å². The summed E-state index contributed by atoms with van der Waals surface area (Å²) in [6.45, 7) is 3.39. The molecule has 33 heavy (non-hydrogen) atoms. The van der Waals surface area contributed by atoms with Gasteiger partial charge in [-0.3, -0.25) is 9.10 Å². The highest BCUT2D eigenvalue weighted by molar-refractivity contribution is 7.92. The average molecular weight is 468 g/mol. The number of sulfonamides is 1. The molecule has 3 rings (SSSR count). The van der Waals surface area contributed by atoms with Crippen LogP contribution in [0.1, 0.15) is 33.2 Å². The molecular weight excluding hydrogens is 442 g/mol. The van der Waals surface area contributed by atoms with Crippen LogP contribution in [0.15, 0.2) is 77.7 Å². The fraction of sp³-hybridized carbons (Fsp3) is 0.200. The number of aryl methyl sites for hydroxylation is 1. The molecule has 0 aliphatic carbocycles. The molecule has 0 heterocycles. The van der Waals surface area contributed by atoms with Crippen LogP contribution in [-0.2, 0) is 14.8 Å². The number of carbonyl (C=O) groups excluding carboxylic acids is 2. The van der Waals surface area contributed by atoms with Crippen molar-refractivity contribution in [1.82, 2.24) is 0 Å². The second-order valence-corrected chi connectivity index (χ2v) is 9.45. The molecule has 0 aromatic heterocycles. The molecule has 8 heteroatoms. The van der Waals surface area contributed by atoms with Gasteiger partial charge in [0.2, 0.25) is 5.78 Å². The maximum Gasteiger partial charge on any atom is 0.338 e. The smallest absolute Gasteiger partial charge is 0.338 e. The van der Waals surface area contributed by atoms with Crippen molar-refractivity contribution in [2.75, 3.05) is 18.5 Å². The number of methoxy groups -OCH3 is 1. The van der Waals surface area contributed by atoms with Gasteiger partial charge in [0.1, 0.15) is 5.75 Å². The van der Waals surface area contributed by atoms with Gasteiger partial charge in [0.05, 0.1) is 23.3 Å². The van der Waals surface area contributed by atoms with E-state index < -0.39 is 22.1 Å². The maximum absolute atomic E-state index is 13.1. The molecule has 0 N–H and O–H groups in total. The van der Waals surface area contributed by atoms with Crippen molar-refractivity contribution in [1.29, 1.82) is 0 Å². The summed E-state index contributed by atoms with van der Waals surface area (Å²) in [4.78, 5) is 25.1. The van der Waals surface area contributed by atoms with Gasteiger partial charge < -0.3 is 9.47 Å². The first-order valence-electron chi connectivity index (χ1n) is 10.2. The van der Waals surface area contributed by atoms with E-state index >= 15 is 0 Å². The molecule has 0 unspecified atom stereocenters. The molecule has 0 aliphatic heterocycles. The summed E-state index contributed by atoms with van der Waals surface area (Å²) in [6, 6.07) is 19.0. The van der Waals surface area contributed by atoms with Gasteiger partial charge in [-0.1, -0.05) is 35.9 Å². The lowest BCUT2D eigenvalue weighted by molar-refractivity contribution is 0.0318. The first kappa shape index (κ1) is 24.0. The molecule has 0 spiro atoms. The van der Waals surface area contributed by atoms with E-state index in [2.05, 4.69) is 0 Å². The molecule has 3 aromatic carbocycles. The number of rotatable bonds is 8. The number of esters is 1. The molecule has 0 radical (unpaired) electrons. The Morgan fingerprint density at radius 2 is 1.55 bits per heavy atom. The van der Waals surface area contributed by atoms with Gasteiger partial charge in [-0.05, 0) is 56.3 Å². The lowest BCUT2D eigenvalue weighted by atomic mass is 10.1. The summed E-state index contributed by atoms with van der Waals surface area (Å²) in [5, 5.41) is 0. The molecule has 0 saturated carbocycles. The molecule has 0 saturated heterocycles. The highest BCUT2D eigenvalue weighted by Crippen LogP contribution is 2.25. The quantitative estimate of drug-likeness (QED) is 0.363. The summed E-state index contributed by atoms with van der Waals surface area (Å²) in [7, 11) is -0.998. The zero-order valence-electron chi connectivity index (χ0n) is 18.8. The van der Waals surface area contributed by atoms with Crippen LogP contribution in [0.5, 0.6) is 5.75 Å². The average Bonchev–Trinajstić information content (AvgIpc) is 2.83. The molecule has 0 bridgehead atoms. The fourth-order valence-corrected chi connectivity index (χ4v) is 4.35. The minimum absolute atomic E-state index is 0.0303. The summed E-state index contributed by atoms with van der Waals surface area (Å²) in [5.41, 5.74) is 1.90. The van der Waals surface area contributed by atoms with Crippen molar-refractivity contribution in [3.05, 3.63) is 89.5 Å².